The Morgan fingerprint density at radius 1 is 1.33 bits per heavy atom. The first-order valence-electron chi connectivity index (χ1n) is 8.49. The Balaban J connectivity index is 1.79. The molecule has 9 heteroatoms. The summed E-state index contributed by atoms with van der Waals surface area (Å²) in [6.45, 7) is 2.18. The van der Waals surface area contributed by atoms with Gasteiger partial charge >= 0.3 is 5.00 Å². The molecule has 0 aliphatic heterocycles. The van der Waals surface area contributed by atoms with E-state index in [2.05, 4.69) is 17.6 Å². The molecule has 0 radical (unpaired) electrons. The fraction of sp³-hybridized carbons (Fsp3) is 0.333. The van der Waals surface area contributed by atoms with Crippen molar-refractivity contribution in [2.24, 2.45) is 5.92 Å². The second-order valence-electron chi connectivity index (χ2n) is 6.39. The average Bonchev–Trinajstić information content (AvgIpc) is 3.23. The average molecular weight is 406 g/mol. The van der Waals surface area contributed by atoms with Crippen molar-refractivity contribution in [2.45, 2.75) is 26.2 Å². The Labute approximate surface area is 164 Å². The standard InChI is InChI=1S/C18H19N3O4S2/c1-10-3-6-12-13(9-10)27-18(16(12)17(23)19-2)20-14(22)7-4-11-5-8-15(26-11)21(24)25/h4-5,7-8,10H,3,6,9H2,1-2H3,(H,19,23)(H,20,22)/b7-4+/t10-/m0/s1. The van der Waals surface area contributed by atoms with Gasteiger partial charge in [0, 0.05) is 28.9 Å². The van der Waals surface area contributed by atoms with Crippen LogP contribution < -0.4 is 10.6 Å². The Morgan fingerprint density at radius 2 is 2.11 bits per heavy atom. The van der Waals surface area contributed by atoms with Crippen LogP contribution in [0.2, 0.25) is 0 Å². The van der Waals surface area contributed by atoms with Gasteiger partial charge in [0.05, 0.1) is 10.5 Å². The molecule has 2 aromatic heterocycles. The summed E-state index contributed by atoms with van der Waals surface area (Å²) in [5.74, 6) is -0.00943. The third-order valence-corrected chi connectivity index (χ3v) is 6.57. The topological polar surface area (TPSA) is 101 Å². The molecule has 2 N–H and O–H groups in total. The number of hydrogen-bond acceptors (Lipinski definition) is 6. The van der Waals surface area contributed by atoms with E-state index in [1.165, 1.54) is 29.6 Å². The van der Waals surface area contributed by atoms with Gasteiger partial charge in [-0.2, -0.15) is 0 Å². The summed E-state index contributed by atoms with van der Waals surface area (Å²) in [6, 6.07) is 2.99. The molecule has 1 aliphatic carbocycles. The lowest BCUT2D eigenvalue weighted by atomic mass is 9.88. The van der Waals surface area contributed by atoms with Gasteiger partial charge in [0.2, 0.25) is 5.91 Å². The quantitative estimate of drug-likeness (QED) is 0.448. The number of carbonyl (C=O) groups excluding carboxylic acids is 2. The molecular formula is C18H19N3O4S2. The van der Waals surface area contributed by atoms with Crippen molar-refractivity contribution >= 4 is 50.6 Å². The number of nitrogens with zero attached hydrogens (tertiary/aromatic N) is 1. The number of amides is 2. The van der Waals surface area contributed by atoms with E-state index in [9.17, 15) is 19.7 Å². The molecule has 27 heavy (non-hydrogen) atoms. The summed E-state index contributed by atoms with van der Waals surface area (Å²) in [5, 5.41) is 16.7. The van der Waals surface area contributed by atoms with E-state index in [0.717, 1.165) is 41.0 Å². The molecule has 0 bridgehead atoms. The lowest BCUT2D eigenvalue weighted by molar-refractivity contribution is -0.380. The van der Waals surface area contributed by atoms with Gasteiger partial charge in [0.25, 0.3) is 5.91 Å². The molecule has 0 spiro atoms. The normalized spacial score (nSPS) is 16.1. The van der Waals surface area contributed by atoms with E-state index < -0.39 is 4.92 Å². The molecule has 1 atom stereocenters. The number of nitrogens with one attached hydrogen (secondary N) is 2. The minimum absolute atomic E-state index is 0.0250. The number of hydrogen-bond donors (Lipinski definition) is 2. The van der Waals surface area contributed by atoms with Gasteiger partial charge in [-0.1, -0.05) is 18.3 Å². The van der Waals surface area contributed by atoms with Crippen LogP contribution >= 0.6 is 22.7 Å². The molecule has 3 rings (SSSR count). The monoisotopic (exact) mass is 405 g/mol. The van der Waals surface area contributed by atoms with Gasteiger partial charge in [-0.05, 0) is 42.9 Å². The molecule has 2 amide bonds. The van der Waals surface area contributed by atoms with Crippen LogP contribution in [0.25, 0.3) is 6.08 Å². The molecule has 1 aliphatic rings. The third-order valence-electron chi connectivity index (χ3n) is 4.39. The zero-order valence-corrected chi connectivity index (χ0v) is 16.5. The Hall–Kier alpha value is -2.52. The minimum Gasteiger partial charge on any atom is -0.355 e. The molecule has 0 unspecified atom stereocenters. The van der Waals surface area contributed by atoms with E-state index in [0.29, 0.717) is 21.4 Å². The van der Waals surface area contributed by atoms with Crippen LogP contribution in [0.1, 0.15) is 39.0 Å². The van der Waals surface area contributed by atoms with Crippen LogP contribution in [0, 0.1) is 16.0 Å². The van der Waals surface area contributed by atoms with Crippen molar-refractivity contribution in [1.29, 1.82) is 0 Å². The number of carbonyl (C=O) groups is 2. The molecule has 0 saturated heterocycles. The lowest BCUT2D eigenvalue weighted by Crippen LogP contribution is -2.22. The fourth-order valence-electron chi connectivity index (χ4n) is 3.05. The van der Waals surface area contributed by atoms with Crippen LogP contribution in [-0.4, -0.2) is 23.8 Å². The first-order valence-corrected chi connectivity index (χ1v) is 10.1. The maximum Gasteiger partial charge on any atom is 0.324 e. The molecule has 0 fully saturated rings. The Morgan fingerprint density at radius 3 is 2.78 bits per heavy atom. The van der Waals surface area contributed by atoms with Crippen molar-refractivity contribution in [3.8, 4) is 0 Å². The first-order chi connectivity index (χ1) is 12.9. The van der Waals surface area contributed by atoms with Crippen LogP contribution in [0.15, 0.2) is 18.2 Å². The van der Waals surface area contributed by atoms with Crippen molar-refractivity contribution < 1.29 is 14.5 Å². The van der Waals surface area contributed by atoms with E-state index in [1.807, 2.05) is 0 Å². The number of rotatable bonds is 5. The zero-order valence-electron chi connectivity index (χ0n) is 14.9. The predicted octanol–water partition coefficient (Wildman–Crippen LogP) is 3.85. The summed E-state index contributed by atoms with van der Waals surface area (Å²) in [5.41, 5.74) is 1.59. The van der Waals surface area contributed by atoms with E-state index in [4.69, 9.17) is 0 Å². The number of nitro groups is 1. The number of thiophene rings is 2. The van der Waals surface area contributed by atoms with Crippen molar-refractivity contribution in [3.05, 3.63) is 49.2 Å². The Bertz CT molecular complexity index is 929. The molecule has 7 nitrogen and oxygen atoms in total. The highest BCUT2D eigenvalue weighted by Crippen LogP contribution is 2.39. The van der Waals surface area contributed by atoms with Gasteiger partial charge in [0.1, 0.15) is 5.00 Å². The van der Waals surface area contributed by atoms with Crippen LogP contribution in [0.4, 0.5) is 10.0 Å². The van der Waals surface area contributed by atoms with Gasteiger partial charge < -0.3 is 10.6 Å². The maximum absolute atomic E-state index is 12.3. The fourth-order valence-corrected chi connectivity index (χ4v) is 5.18. The van der Waals surface area contributed by atoms with Crippen LogP contribution in [0.3, 0.4) is 0 Å². The van der Waals surface area contributed by atoms with Crippen LogP contribution in [0.5, 0.6) is 0 Å². The summed E-state index contributed by atoms with van der Waals surface area (Å²) >= 11 is 2.45. The Kier molecular flexibility index (Phi) is 5.71. The SMILES string of the molecule is CNC(=O)c1c(NC(=O)/C=C/c2ccc([N+](=O)[O-])s2)sc2c1CC[C@H](C)C2. The largest absolute Gasteiger partial charge is 0.355 e. The highest BCUT2D eigenvalue weighted by atomic mass is 32.1. The predicted molar refractivity (Wildman–Crippen MR) is 108 cm³/mol. The zero-order chi connectivity index (χ0) is 19.6. The molecule has 0 saturated carbocycles. The molecule has 0 aromatic carbocycles. The van der Waals surface area contributed by atoms with Gasteiger partial charge in [0.15, 0.2) is 0 Å². The summed E-state index contributed by atoms with van der Waals surface area (Å²) < 4.78 is 0. The lowest BCUT2D eigenvalue weighted by Gasteiger charge is -2.18. The van der Waals surface area contributed by atoms with E-state index >= 15 is 0 Å². The van der Waals surface area contributed by atoms with Crippen LogP contribution in [-0.2, 0) is 17.6 Å². The van der Waals surface area contributed by atoms with Gasteiger partial charge in [-0.15, -0.1) is 11.3 Å². The maximum atomic E-state index is 12.3. The molecular weight excluding hydrogens is 386 g/mol. The number of fused-ring (bicyclic) bond motifs is 1. The smallest absolute Gasteiger partial charge is 0.324 e. The van der Waals surface area contributed by atoms with E-state index in [1.54, 1.807) is 13.1 Å². The second-order valence-corrected chi connectivity index (χ2v) is 8.59. The van der Waals surface area contributed by atoms with Crippen molar-refractivity contribution in [2.75, 3.05) is 12.4 Å². The molecule has 142 valence electrons. The second kappa shape index (κ2) is 8.01. The third kappa shape index (κ3) is 4.25. The number of anilines is 1. The summed E-state index contributed by atoms with van der Waals surface area (Å²) in [7, 11) is 1.58. The molecule has 2 heterocycles. The molecule has 2 aromatic rings. The van der Waals surface area contributed by atoms with Gasteiger partial charge in [-0.25, -0.2) is 0 Å². The van der Waals surface area contributed by atoms with Gasteiger partial charge in [-0.3, -0.25) is 19.7 Å². The highest BCUT2D eigenvalue weighted by Gasteiger charge is 2.27. The van der Waals surface area contributed by atoms with E-state index in [-0.39, 0.29) is 16.8 Å². The minimum atomic E-state index is -0.463. The summed E-state index contributed by atoms with van der Waals surface area (Å²) in [4.78, 5) is 36.7. The highest BCUT2D eigenvalue weighted by molar-refractivity contribution is 7.17. The first kappa shape index (κ1) is 19.2. The summed E-state index contributed by atoms with van der Waals surface area (Å²) in [6.07, 6.45) is 5.62. The van der Waals surface area contributed by atoms with Crippen molar-refractivity contribution in [1.82, 2.24) is 5.32 Å². The van der Waals surface area contributed by atoms with Crippen molar-refractivity contribution in [3.63, 3.8) is 0 Å².